The molecule has 0 aliphatic heterocycles. The molecular weight excluding hydrogens is 328 g/mol. The van der Waals surface area contributed by atoms with E-state index < -0.39 is 0 Å². The third-order valence-electron chi connectivity index (χ3n) is 0.812. The molecule has 0 aromatic heterocycles. The maximum absolute atomic E-state index is 2.32. The van der Waals surface area contributed by atoms with Gasteiger partial charge in [-0.25, -0.2) is 0 Å². The Bertz CT molecular complexity index is 138. The second-order valence-electron chi connectivity index (χ2n) is 6.92. The molecule has 92 valence electrons. The quantitative estimate of drug-likeness (QED) is 0.445. The van der Waals surface area contributed by atoms with Crippen LogP contribution in [0.1, 0.15) is 62.3 Å². The second-order valence-corrected chi connectivity index (χ2v) is 15.8. The molecule has 0 amide bonds. The van der Waals surface area contributed by atoms with Gasteiger partial charge in [0, 0.05) is 0 Å². The van der Waals surface area contributed by atoms with Crippen molar-refractivity contribution in [3.8, 4) is 0 Å². The van der Waals surface area contributed by atoms with Gasteiger partial charge in [0.25, 0.3) is 0 Å². The van der Waals surface area contributed by atoms with Crippen LogP contribution in [0.5, 0.6) is 0 Å². The summed E-state index contributed by atoms with van der Waals surface area (Å²) in [5.74, 6) is 0. The summed E-state index contributed by atoms with van der Waals surface area (Å²) in [6.45, 7) is 20.6. The number of rotatable bonds is 1. The summed E-state index contributed by atoms with van der Waals surface area (Å²) in [6, 6.07) is 0. The van der Waals surface area contributed by atoms with Crippen molar-refractivity contribution in [1.29, 1.82) is 0 Å². The fourth-order valence-corrected chi connectivity index (χ4v) is 3.38. The average Bonchev–Trinajstić information content (AvgIpc) is 1.76. The van der Waals surface area contributed by atoms with Crippen molar-refractivity contribution in [2.24, 2.45) is 0 Å². The molecule has 2 unspecified atom stereocenters. The molecule has 0 bridgehead atoms. The molecule has 0 aromatic carbocycles. The Balaban J connectivity index is 0. The van der Waals surface area contributed by atoms with E-state index in [9.17, 15) is 0 Å². The van der Waals surface area contributed by atoms with Gasteiger partial charge in [-0.3, -0.25) is 0 Å². The molecule has 0 fully saturated rings. The van der Waals surface area contributed by atoms with Crippen molar-refractivity contribution in [3.05, 3.63) is 0 Å². The molecule has 0 aliphatic carbocycles. The van der Waals surface area contributed by atoms with Crippen LogP contribution in [-0.4, -0.2) is 33.3 Å². The summed E-state index contributed by atoms with van der Waals surface area (Å²) >= 11 is 1.87. The van der Waals surface area contributed by atoms with Gasteiger partial charge in [-0.1, -0.05) is 58.1 Å². The van der Waals surface area contributed by atoms with E-state index in [1.54, 1.807) is 0 Å². The molecule has 0 aromatic rings. The fourth-order valence-electron chi connectivity index (χ4n) is 0.375. The Labute approximate surface area is 115 Å². The number of hydrogen-bond donors (Lipinski definition) is 0. The minimum atomic E-state index is 0.547. The Morgan fingerprint density at radius 1 is 0.600 bits per heavy atom. The van der Waals surface area contributed by atoms with Gasteiger partial charge in [-0.15, -0.1) is 0 Å². The molecule has 0 rings (SSSR count). The summed E-state index contributed by atoms with van der Waals surface area (Å²) in [6.07, 6.45) is 0. The van der Waals surface area contributed by atoms with Crippen molar-refractivity contribution in [2.75, 3.05) is 0 Å². The van der Waals surface area contributed by atoms with Crippen LogP contribution in [0.3, 0.4) is 0 Å². The van der Waals surface area contributed by atoms with Crippen molar-refractivity contribution in [2.45, 2.75) is 76.0 Å². The van der Waals surface area contributed by atoms with E-state index in [1.807, 2.05) is 23.0 Å². The Morgan fingerprint density at radius 2 is 0.733 bits per heavy atom. The molecule has 0 N–H and O–H groups in total. The summed E-state index contributed by atoms with van der Waals surface area (Å²) in [5.41, 5.74) is 0. The molecule has 0 nitrogen and oxygen atoms in total. The molecule has 15 heavy (non-hydrogen) atoms. The normalized spacial score (nSPS) is 14.8. The maximum atomic E-state index is 2.32. The standard InChI is InChI=1S/C8H20P2.C4H9.Sb/c1-7(2,3)9-10-8(4,5)6;1-4(2)3;/h9-10H,1-6H3;1-3H3;. The Kier molecular flexibility index (Phi) is 9.12. The van der Waals surface area contributed by atoms with Crippen LogP contribution in [0, 0.1) is 0 Å². The average molecular weight is 357 g/mol. The topological polar surface area (TPSA) is 0 Å². The first-order valence-corrected chi connectivity index (χ1v) is 9.75. The molecule has 0 saturated carbocycles. The van der Waals surface area contributed by atoms with Gasteiger partial charge in [0.15, 0.2) is 0 Å². The van der Waals surface area contributed by atoms with Gasteiger partial charge in [-0.2, -0.15) is 0 Å². The van der Waals surface area contributed by atoms with Crippen LogP contribution >= 0.6 is 16.5 Å². The number of hydrogen-bond acceptors (Lipinski definition) is 0. The second kappa shape index (κ2) is 7.19. The van der Waals surface area contributed by atoms with E-state index in [4.69, 9.17) is 0 Å². The van der Waals surface area contributed by atoms with Crippen LogP contribution in [0.2, 0.25) is 3.36 Å². The summed E-state index contributed by atoms with van der Waals surface area (Å²) < 4.78 is 0.550. The molecule has 0 aliphatic rings. The van der Waals surface area contributed by atoms with Crippen molar-refractivity contribution in [1.82, 2.24) is 0 Å². The molecule has 0 spiro atoms. The van der Waals surface area contributed by atoms with E-state index >= 15 is 0 Å². The minimum absolute atomic E-state index is 0.547. The van der Waals surface area contributed by atoms with E-state index in [2.05, 4.69) is 62.3 Å². The third-order valence-corrected chi connectivity index (χ3v) is 7.31. The fraction of sp³-hybridized carbons (Fsp3) is 1.00. The molecule has 2 atom stereocenters. The van der Waals surface area contributed by atoms with Gasteiger partial charge in [0.05, 0.1) is 0 Å². The van der Waals surface area contributed by atoms with Crippen molar-refractivity contribution >= 4 is 39.6 Å². The molecule has 3 heteroatoms. The first-order chi connectivity index (χ1) is 6.21. The van der Waals surface area contributed by atoms with E-state index in [0.717, 1.165) is 16.5 Å². The Hall–Kier alpha value is 1.68. The van der Waals surface area contributed by atoms with Gasteiger partial charge < -0.3 is 0 Å². The van der Waals surface area contributed by atoms with Crippen LogP contribution < -0.4 is 0 Å². The van der Waals surface area contributed by atoms with Gasteiger partial charge in [0.2, 0.25) is 0 Å². The van der Waals surface area contributed by atoms with Crippen LogP contribution in [0.25, 0.3) is 0 Å². The first kappa shape index (κ1) is 19.0. The molecule has 0 saturated heterocycles. The Morgan fingerprint density at radius 3 is 0.800 bits per heavy atom. The summed E-state index contributed by atoms with van der Waals surface area (Å²) in [7, 11) is 2.24. The zero-order chi connectivity index (χ0) is 12.9. The van der Waals surface area contributed by atoms with Crippen molar-refractivity contribution in [3.63, 3.8) is 0 Å². The van der Waals surface area contributed by atoms with Gasteiger partial charge >= 0.3 is 47.2 Å². The van der Waals surface area contributed by atoms with Gasteiger partial charge in [0.1, 0.15) is 0 Å². The van der Waals surface area contributed by atoms with E-state index in [-0.39, 0.29) is 0 Å². The third kappa shape index (κ3) is 38.9. The SMILES string of the molecule is CC(C)(C)PPC(C)(C)C.C[C](C)(C)[Sb]. The van der Waals surface area contributed by atoms with Crippen LogP contribution in [-0.2, 0) is 0 Å². The van der Waals surface area contributed by atoms with E-state index in [1.165, 1.54) is 0 Å². The summed E-state index contributed by atoms with van der Waals surface area (Å²) in [4.78, 5) is 0. The first-order valence-electron chi connectivity index (χ1n) is 5.47. The predicted molar refractivity (Wildman–Crippen MR) is 81.6 cm³/mol. The zero-order valence-electron chi connectivity index (χ0n) is 11.9. The van der Waals surface area contributed by atoms with Crippen LogP contribution in [0.4, 0.5) is 0 Å². The predicted octanol–water partition coefficient (Wildman–Crippen LogP) is 5.23. The van der Waals surface area contributed by atoms with Gasteiger partial charge in [-0.05, 0) is 10.3 Å². The van der Waals surface area contributed by atoms with E-state index in [0.29, 0.717) is 13.7 Å². The van der Waals surface area contributed by atoms with Crippen molar-refractivity contribution < 1.29 is 0 Å². The molecule has 2 radical (unpaired) electrons. The zero-order valence-corrected chi connectivity index (χ0v) is 16.5. The summed E-state index contributed by atoms with van der Waals surface area (Å²) in [5, 5.41) is 1.09. The monoisotopic (exact) mass is 356 g/mol. The van der Waals surface area contributed by atoms with Crippen LogP contribution in [0.15, 0.2) is 0 Å². The molecule has 0 heterocycles. The molecular formula is C12H29P2Sb.